The lowest BCUT2D eigenvalue weighted by molar-refractivity contribution is 0.0818. The van der Waals surface area contributed by atoms with Crippen LogP contribution in [0.1, 0.15) is 25.3 Å². The zero-order valence-corrected chi connectivity index (χ0v) is 11.7. The van der Waals surface area contributed by atoms with Crippen LogP contribution in [0.25, 0.3) is 0 Å². The monoisotopic (exact) mass is 251 g/mol. The molecule has 3 heteroatoms. The summed E-state index contributed by atoms with van der Waals surface area (Å²) in [6.45, 7) is 3.59. The molecule has 1 unspecified atom stereocenters. The van der Waals surface area contributed by atoms with Crippen LogP contribution in [0.5, 0.6) is 5.75 Å². The second kappa shape index (κ2) is 8.95. The van der Waals surface area contributed by atoms with Gasteiger partial charge in [0.2, 0.25) is 0 Å². The SMILES string of the molecule is CCCCc1ccc(OC(CNC)COC)cc1. The number of likely N-dealkylation sites (N-methyl/N-ethyl adjacent to an activating group) is 1. The van der Waals surface area contributed by atoms with Gasteiger partial charge in [-0.3, -0.25) is 0 Å². The summed E-state index contributed by atoms with van der Waals surface area (Å²) in [6, 6.07) is 8.38. The average Bonchev–Trinajstić information content (AvgIpc) is 2.38. The lowest BCUT2D eigenvalue weighted by Crippen LogP contribution is -2.33. The van der Waals surface area contributed by atoms with E-state index >= 15 is 0 Å². The van der Waals surface area contributed by atoms with Gasteiger partial charge in [-0.15, -0.1) is 0 Å². The molecule has 1 rings (SSSR count). The van der Waals surface area contributed by atoms with Crippen LogP contribution in [0.3, 0.4) is 0 Å². The van der Waals surface area contributed by atoms with Crippen molar-refractivity contribution in [2.45, 2.75) is 32.3 Å². The van der Waals surface area contributed by atoms with E-state index in [4.69, 9.17) is 9.47 Å². The number of nitrogens with one attached hydrogen (secondary N) is 1. The van der Waals surface area contributed by atoms with Crippen molar-refractivity contribution in [3.8, 4) is 5.75 Å². The lowest BCUT2D eigenvalue weighted by atomic mass is 10.1. The average molecular weight is 251 g/mol. The minimum Gasteiger partial charge on any atom is -0.487 e. The number of hydrogen-bond acceptors (Lipinski definition) is 3. The van der Waals surface area contributed by atoms with Gasteiger partial charge in [-0.2, -0.15) is 0 Å². The van der Waals surface area contributed by atoms with E-state index in [-0.39, 0.29) is 6.10 Å². The van der Waals surface area contributed by atoms with Crippen LogP contribution >= 0.6 is 0 Å². The van der Waals surface area contributed by atoms with Gasteiger partial charge in [-0.05, 0) is 37.6 Å². The Labute approximate surface area is 110 Å². The van der Waals surface area contributed by atoms with Crippen molar-refractivity contribution in [3.63, 3.8) is 0 Å². The predicted molar refractivity (Wildman–Crippen MR) is 75.3 cm³/mol. The van der Waals surface area contributed by atoms with Crippen LogP contribution in [0.4, 0.5) is 0 Å². The molecule has 0 spiro atoms. The van der Waals surface area contributed by atoms with E-state index in [0.717, 1.165) is 18.7 Å². The number of hydrogen-bond donors (Lipinski definition) is 1. The third-order valence-corrected chi connectivity index (χ3v) is 2.83. The van der Waals surface area contributed by atoms with Crippen molar-refractivity contribution in [1.29, 1.82) is 0 Å². The number of ether oxygens (including phenoxy) is 2. The summed E-state index contributed by atoms with van der Waals surface area (Å²) in [5, 5.41) is 3.11. The second-order valence-corrected chi connectivity index (χ2v) is 4.50. The molecule has 0 bridgehead atoms. The fraction of sp³-hybridized carbons (Fsp3) is 0.600. The molecule has 1 atom stereocenters. The number of unbranched alkanes of at least 4 members (excludes halogenated alkanes) is 1. The molecule has 0 amide bonds. The van der Waals surface area contributed by atoms with Gasteiger partial charge >= 0.3 is 0 Å². The third kappa shape index (κ3) is 5.52. The molecular weight excluding hydrogens is 226 g/mol. The van der Waals surface area contributed by atoms with Gasteiger partial charge in [0.05, 0.1) is 6.61 Å². The molecule has 1 N–H and O–H groups in total. The molecule has 0 aliphatic heterocycles. The minimum absolute atomic E-state index is 0.0569. The Hall–Kier alpha value is -1.06. The molecule has 0 aliphatic carbocycles. The Kier molecular flexibility index (Phi) is 7.46. The van der Waals surface area contributed by atoms with Gasteiger partial charge in [0.15, 0.2) is 0 Å². The smallest absolute Gasteiger partial charge is 0.134 e. The first kappa shape index (κ1) is 15.0. The van der Waals surface area contributed by atoms with E-state index in [1.807, 2.05) is 19.2 Å². The Balaban J connectivity index is 2.50. The molecule has 1 aromatic carbocycles. The molecule has 0 saturated heterocycles. The van der Waals surface area contributed by atoms with Crippen LogP contribution < -0.4 is 10.1 Å². The molecule has 0 radical (unpaired) electrons. The fourth-order valence-corrected chi connectivity index (χ4v) is 1.86. The molecule has 102 valence electrons. The highest BCUT2D eigenvalue weighted by molar-refractivity contribution is 5.27. The molecule has 0 saturated carbocycles. The van der Waals surface area contributed by atoms with E-state index < -0.39 is 0 Å². The first-order valence-corrected chi connectivity index (χ1v) is 6.69. The molecule has 0 heterocycles. The number of aryl methyl sites for hydroxylation is 1. The van der Waals surface area contributed by atoms with E-state index in [1.165, 1.54) is 18.4 Å². The summed E-state index contributed by atoms with van der Waals surface area (Å²) in [5.74, 6) is 0.910. The van der Waals surface area contributed by atoms with E-state index in [9.17, 15) is 0 Å². The minimum atomic E-state index is 0.0569. The van der Waals surface area contributed by atoms with Gasteiger partial charge in [0, 0.05) is 13.7 Å². The Morgan fingerprint density at radius 1 is 1.22 bits per heavy atom. The standard InChI is InChI=1S/C15H25NO2/c1-4-5-6-13-7-9-14(10-8-13)18-15(11-16-2)12-17-3/h7-10,15-16H,4-6,11-12H2,1-3H3. The van der Waals surface area contributed by atoms with E-state index in [1.54, 1.807) is 7.11 Å². The first-order chi connectivity index (χ1) is 8.80. The number of benzene rings is 1. The maximum atomic E-state index is 5.87. The highest BCUT2D eigenvalue weighted by Crippen LogP contribution is 2.15. The summed E-state index contributed by atoms with van der Waals surface area (Å²) < 4.78 is 11.0. The van der Waals surface area contributed by atoms with Crippen LogP contribution in [-0.4, -0.2) is 33.4 Å². The summed E-state index contributed by atoms with van der Waals surface area (Å²) in [7, 11) is 3.61. The summed E-state index contributed by atoms with van der Waals surface area (Å²) in [5.41, 5.74) is 1.38. The zero-order valence-electron chi connectivity index (χ0n) is 11.7. The van der Waals surface area contributed by atoms with E-state index in [2.05, 4.69) is 24.4 Å². The van der Waals surface area contributed by atoms with Crippen LogP contribution in [-0.2, 0) is 11.2 Å². The summed E-state index contributed by atoms with van der Waals surface area (Å²) in [6.07, 6.45) is 3.68. The number of methoxy groups -OCH3 is 1. The molecule has 0 aromatic heterocycles. The molecule has 3 nitrogen and oxygen atoms in total. The van der Waals surface area contributed by atoms with Crippen molar-refractivity contribution in [1.82, 2.24) is 5.32 Å². The van der Waals surface area contributed by atoms with Crippen LogP contribution in [0, 0.1) is 0 Å². The van der Waals surface area contributed by atoms with Crippen molar-refractivity contribution in [2.75, 3.05) is 27.3 Å². The topological polar surface area (TPSA) is 30.5 Å². The van der Waals surface area contributed by atoms with Crippen LogP contribution in [0.2, 0.25) is 0 Å². The molecule has 1 aromatic rings. The van der Waals surface area contributed by atoms with Gasteiger partial charge < -0.3 is 14.8 Å². The van der Waals surface area contributed by atoms with E-state index in [0.29, 0.717) is 6.61 Å². The molecule has 0 fully saturated rings. The highest BCUT2D eigenvalue weighted by Gasteiger charge is 2.08. The third-order valence-electron chi connectivity index (χ3n) is 2.83. The second-order valence-electron chi connectivity index (χ2n) is 4.50. The molecule has 18 heavy (non-hydrogen) atoms. The van der Waals surface area contributed by atoms with Gasteiger partial charge in [-0.25, -0.2) is 0 Å². The normalized spacial score (nSPS) is 12.4. The van der Waals surface area contributed by atoms with Crippen molar-refractivity contribution < 1.29 is 9.47 Å². The number of rotatable bonds is 9. The van der Waals surface area contributed by atoms with Gasteiger partial charge in [-0.1, -0.05) is 25.5 Å². The maximum absolute atomic E-state index is 5.87. The zero-order chi connectivity index (χ0) is 13.2. The maximum Gasteiger partial charge on any atom is 0.134 e. The molecular formula is C15H25NO2. The Morgan fingerprint density at radius 3 is 2.50 bits per heavy atom. The van der Waals surface area contributed by atoms with Gasteiger partial charge in [0.1, 0.15) is 11.9 Å². The van der Waals surface area contributed by atoms with Crippen molar-refractivity contribution >= 4 is 0 Å². The molecule has 0 aliphatic rings. The summed E-state index contributed by atoms with van der Waals surface area (Å²) in [4.78, 5) is 0. The Morgan fingerprint density at radius 2 is 1.94 bits per heavy atom. The lowest BCUT2D eigenvalue weighted by Gasteiger charge is -2.18. The summed E-state index contributed by atoms with van der Waals surface area (Å²) >= 11 is 0. The predicted octanol–water partition coefficient (Wildman–Crippen LogP) is 2.64. The largest absolute Gasteiger partial charge is 0.487 e. The van der Waals surface area contributed by atoms with Crippen LogP contribution in [0.15, 0.2) is 24.3 Å². The first-order valence-electron chi connectivity index (χ1n) is 6.69. The highest BCUT2D eigenvalue weighted by atomic mass is 16.5. The Bertz CT molecular complexity index is 305. The fourth-order valence-electron chi connectivity index (χ4n) is 1.86. The van der Waals surface area contributed by atoms with Crippen molar-refractivity contribution in [3.05, 3.63) is 29.8 Å². The quantitative estimate of drug-likeness (QED) is 0.732. The van der Waals surface area contributed by atoms with Gasteiger partial charge in [0.25, 0.3) is 0 Å². The van der Waals surface area contributed by atoms with Crippen molar-refractivity contribution in [2.24, 2.45) is 0 Å².